The molecule has 0 amide bonds. The van der Waals surface area contributed by atoms with E-state index in [4.69, 9.17) is 9.47 Å². The van der Waals surface area contributed by atoms with Gasteiger partial charge in [0.05, 0.1) is 6.61 Å². The second-order valence-electron chi connectivity index (χ2n) is 4.86. The molecule has 17 heavy (non-hydrogen) atoms. The summed E-state index contributed by atoms with van der Waals surface area (Å²) < 4.78 is 14.8. The van der Waals surface area contributed by atoms with Gasteiger partial charge in [-0.15, -0.1) is 0 Å². The summed E-state index contributed by atoms with van der Waals surface area (Å²) in [5.74, 6) is 0.741. The van der Waals surface area contributed by atoms with Gasteiger partial charge in [-0.2, -0.15) is 4.37 Å². The first-order valence-corrected chi connectivity index (χ1v) is 6.35. The summed E-state index contributed by atoms with van der Waals surface area (Å²) in [5, 5.41) is 3.97. The Labute approximate surface area is 107 Å². The largest absolute Gasteiger partial charge is 0.383 e. The molecule has 5 nitrogen and oxygen atoms in total. The highest BCUT2D eigenvalue weighted by molar-refractivity contribution is 7.09. The molecule has 1 heterocycles. The van der Waals surface area contributed by atoms with Crippen LogP contribution in [0.1, 0.15) is 32.7 Å². The van der Waals surface area contributed by atoms with E-state index in [1.54, 1.807) is 14.2 Å². The van der Waals surface area contributed by atoms with E-state index in [2.05, 4.69) is 35.4 Å². The molecule has 1 aromatic rings. The molecule has 0 aliphatic rings. The van der Waals surface area contributed by atoms with Crippen molar-refractivity contribution in [2.75, 3.05) is 32.7 Å². The number of hydrogen-bond donors (Lipinski definition) is 1. The molecule has 1 unspecified atom stereocenters. The fraction of sp³-hybridized carbons (Fsp3) is 0.818. The molecule has 0 fully saturated rings. The topological polar surface area (TPSA) is 56.3 Å². The molecule has 0 aliphatic heterocycles. The fourth-order valence-electron chi connectivity index (χ4n) is 1.52. The molecule has 1 aromatic heterocycles. The molecule has 0 aliphatic carbocycles. The number of nitrogens with one attached hydrogen (secondary N) is 1. The average molecular weight is 259 g/mol. The Kier molecular flexibility index (Phi) is 5.30. The standard InChI is InChI=1S/C11H21N3O2S/c1-11(2,3)8(16-5)9-13-10(17-14-9)12-6-7-15-4/h8H,6-7H2,1-5H3,(H,12,13,14). The molecule has 1 N–H and O–H groups in total. The number of methoxy groups -OCH3 is 2. The summed E-state index contributed by atoms with van der Waals surface area (Å²) in [4.78, 5) is 4.44. The maximum atomic E-state index is 5.47. The van der Waals surface area contributed by atoms with Crippen molar-refractivity contribution in [3.8, 4) is 0 Å². The Bertz CT molecular complexity index is 336. The second-order valence-corrected chi connectivity index (χ2v) is 5.61. The number of nitrogens with zero attached hydrogens (tertiary/aromatic N) is 2. The van der Waals surface area contributed by atoms with Crippen LogP contribution in [0.2, 0.25) is 0 Å². The molecule has 98 valence electrons. The third-order valence-electron chi connectivity index (χ3n) is 2.28. The van der Waals surface area contributed by atoms with E-state index in [-0.39, 0.29) is 11.5 Å². The molecule has 0 aromatic carbocycles. The summed E-state index contributed by atoms with van der Waals surface area (Å²) in [7, 11) is 3.36. The van der Waals surface area contributed by atoms with E-state index in [0.29, 0.717) is 6.61 Å². The van der Waals surface area contributed by atoms with Crippen molar-refractivity contribution in [1.29, 1.82) is 0 Å². The van der Waals surface area contributed by atoms with E-state index >= 15 is 0 Å². The monoisotopic (exact) mass is 259 g/mol. The van der Waals surface area contributed by atoms with Gasteiger partial charge in [0, 0.05) is 32.3 Å². The van der Waals surface area contributed by atoms with Crippen molar-refractivity contribution in [3.63, 3.8) is 0 Å². The van der Waals surface area contributed by atoms with Gasteiger partial charge < -0.3 is 14.8 Å². The number of anilines is 1. The van der Waals surface area contributed by atoms with Crippen LogP contribution in [0.25, 0.3) is 0 Å². The maximum absolute atomic E-state index is 5.47. The molecule has 0 saturated heterocycles. The van der Waals surface area contributed by atoms with Gasteiger partial charge in [-0.1, -0.05) is 20.8 Å². The van der Waals surface area contributed by atoms with E-state index in [0.717, 1.165) is 17.5 Å². The summed E-state index contributed by atoms with van der Waals surface area (Å²) in [6.45, 7) is 7.72. The Balaban J connectivity index is 2.66. The summed E-state index contributed by atoms with van der Waals surface area (Å²) >= 11 is 1.35. The molecule has 1 atom stereocenters. The van der Waals surface area contributed by atoms with Crippen LogP contribution in [0.4, 0.5) is 5.13 Å². The highest BCUT2D eigenvalue weighted by Crippen LogP contribution is 2.34. The Hall–Kier alpha value is -0.720. The molecular formula is C11H21N3O2S. The predicted molar refractivity (Wildman–Crippen MR) is 69.5 cm³/mol. The van der Waals surface area contributed by atoms with Crippen molar-refractivity contribution >= 4 is 16.7 Å². The van der Waals surface area contributed by atoms with Crippen LogP contribution in [-0.4, -0.2) is 36.7 Å². The van der Waals surface area contributed by atoms with Gasteiger partial charge in [-0.3, -0.25) is 0 Å². The summed E-state index contributed by atoms with van der Waals surface area (Å²) in [6.07, 6.45) is -0.0864. The molecule has 0 radical (unpaired) electrons. The lowest BCUT2D eigenvalue weighted by atomic mass is 9.88. The SMILES string of the molecule is COCCNc1nc(C(OC)C(C)(C)C)ns1. The third-order valence-corrected chi connectivity index (χ3v) is 2.97. The maximum Gasteiger partial charge on any atom is 0.202 e. The minimum atomic E-state index is -0.0864. The lowest BCUT2D eigenvalue weighted by molar-refractivity contribution is 0.00959. The van der Waals surface area contributed by atoms with E-state index in [1.165, 1.54) is 11.5 Å². The van der Waals surface area contributed by atoms with Crippen molar-refractivity contribution in [2.45, 2.75) is 26.9 Å². The van der Waals surface area contributed by atoms with Gasteiger partial charge >= 0.3 is 0 Å². The van der Waals surface area contributed by atoms with Crippen LogP contribution in [-0.2, 0) is 9.47 Å². The zero-order valence-corrected chi connectivity index (χ0v) is 11.9. The molecular weight excluding hydrogens is 238 g/mol. The van der Waals surface area contributed by atoms with E-state index < -0.39 is 0 Å². The highest BCUT2D eigenvalue weighted by Gasteiger charge is 2.29. The fourth-order valence-corrected chi connectivity index (χ4v) is 2.14. The van der Waals surface area contributed by atoms with Crippen molar-refractivity contribution < 1.29 is 9.47 Å². The van der Waals surface area contributed by atoms with E-state index in [1.807, 2.05) is 0 Å². The van der Waals surface area contributed by atoms with Crippen LogP contribution < -0.4 is 5.32 Å². The van der Waals surface area contributed by atoms with Gasteiger partial charge in [-0.25, -0.2) is 4.98 Å². The first-order chi connectivity index (χ1) is 7.99. The normalized spacial score (nSPS) is 13.7. The molecule has 6 heteroatoms. The summed E-state index contributed by atoms with van der Waals surface area (Å²) in [6, 6.07) is 0. The zero-order chi connectivity index (χ0) is 12.9. The first kappa shape index (κ1) is 14.3. The Morgan fingerprint density at radius 2 is 2.06 bits per heavy atom. The van der Waals surface area contributed by atoms with E-state index in [9.17, 15) is 0 Å². The third kappa shape index (κ3) is 4.22. The predicted octanol–water partition coefficient (Wildman–Crippen LogP) is 2.33. The molecule has 0 bridgehead atoms. The van der Waals surface area contributed by atoms with Crippen LogP contribution in [0, 0.1) is 5.41 Å². The summed E-state index contributed by atoms with van der Waals surface area (Å²) in [5.41, 5.74) is -0.0143. The first-order valence-electron chi connectivity index (χ1n) is 5.58. The van der Waals surface area contributed by atoms with Gasteiger partial charge in [-0.05, 0) is 5.41 Å². The molecule has 0 spiro atoms. The number of aromatic nitrogens is 2. The number of ether oxygens (including phenoxy) is 2. The average Bonchev–Trinajstić information content (AvgIpc) is 2.66. The van der Waals surface area contributed by atoms with Gasteiger partial charge in [0.15, 0.2) is 5.82 Å². The van der Waals surface area contributed by atoms with Crippen molar-refractivity contribution in [1.82, 2.24) is 9.36 Å². The minimum absolute atomic E-state index is 0.0143. The van der Waals surface area contributed by atoms with Crippen LogP contribution >= 0.6 is 11.5 Å². The van der Waals surface area contributed by atoms with Crippen LogP contribution in [0.3, 0.4) is 0 Å². The van der Waals surface area contributed by atoms with Gasteiger partial charge in [0.25, 0.3) is 0 Å². The smallest absolute Gasteiger partial charge is 0.202 e. The highest BCUT2D eigenvalue weighted by atomic mass is 32.1. The molecule has 0 saturated carbocycles. The molecule has 1 rings (SSSR count). The quantitative estimate of drug-likeness (QED) is 0.795. The van der Waals surface area contributed by atoms with Crippen molar-refractivity contribution in [2.24, 2.45) is 5.41 Å². The van der Waals surface area contributed by atoms with Crippen LogP contribution in [0.15, 0.2) is 0 Å². The Morgan fingerprint density at radius 3 is 2.59 bits per heavy atom. The van der Waals surface area contributed by atoms with Gasteiger partial charge in [0.1, 0.15) is 6.10 Å². The lowest BCUT2D eigenvalue weighted by Crippen LogP contribution is -2.21. The van der Waals surface area contributed by atoms with Gasteiger partial charge in [0.2, 0.25) is 5.13 Å². The van der Waals surface area contributed by atoms with Crippen LogP contribution in [0.5, 0.6) is 0 Å². The zero-order valence-electron chi connectivity index (χ0n) is 11.1. The lowest BCUT2D eigenvalue weighted by Gasteiger charge is -2.26. The van der Waals surface area contributed by atoms with Crippen molar-refractivity contribution in [3.05, 3.63) is 5.82 Å². The second kappa shape index (κ2) is 6.28. The Morgan fingerprint density at radius 1 is 1.35 bits per heavy atom. The number of rotatable bonds is 6. The minimum Gasteiger partial charge on any atom is -0.383 e. The number of hydrogen-bond acceptors (Lipinski definition) is 6.